The molecule has 0 aliphatic heterocycles. The molecule has 8 nitrogen and oxygen atoms in total. The maximum absolute atomic E-state index is 15.6. The molecular formula is C22H22FN7O. The highest BCUT2D eigenvalue weighted by Gasteiger charge is 2.20. The van der Waals surface area contributed by atoms with Crippen LogP contribution in [0, 0.1) is 19.7 Å². The Kier molecular flexibility index (Phi) is 5.57. The molecule has 0 saturated carbocycles. The molecule has 4 heterocycles. The summed E-state index contributed by atoms with van der Waals surface area (Å²) in [4.78, 5) is 25.1. The molecule has 158 valence electrons. The summed E-state index contributed by atoms with van der Waals surface area (Å²) in [5, 5.41) is 10.2. The number of amides is 1. The number of aromatic nitrogens is 5. The molecule has 0 bridgehead atoms. The zero-order valence-electron chi connectivity index (χ0n) is 17.5. The van der Waals surface area contributed by atoms with Crippen LogP contribution in [0.15, 0.2) is 42.9 Å². The third-order valence-corrected chi connectivity index (χ3v) is 4.99. The van der Waals surface area contributed by atoms with E-state index in [1.165, 1.54) is 0 Å². The Hall–Kier alpha value is -3.88. The fraction of sp³-hybridized carbons (Fsp3) is 0.227. The van der Waals surface area contributed by atoms with Crippen molar-refractivity contribution in [1.82, 2.24) is 30.0 Å². The van der Waals surface area contributed by atoms with Gasteiger partial charge in [0.05, 0.1) is 23.3 Å². The van der Waals surface area contributed by atoms with Crippen molar-refractivity contribution in [2.24, 2.45) is 0 Å². The van der Waals surface area contributed by atoms with Crippen molar-refractivity contribution in [2.45, 2.75) is 27.3 Å². The Bertz CT molecular complexity index is 1250. The van der Waals surface area contributed by atoms with Gasteiger partial charge in [-0.15, -0.1) is 0 Å². The minimum absolute atomic E-state index is 0.0355. The monoisotopic (exact) mass is 419 g/mol. The number of carbonyl (C=O) groups is 1. The van der Waals surface area contributed by atoms with Crippen LogP contribution in [0.1, 0.15) is 18.2 Å². The molecule has 4 aromatic heterocycles. The van der Waals surface area contributed by atoms with E-state index in [0.29, 0.717) is 45.9 Å². The Morgan fingerprint density at radius 1 is 1.16 bits per heavy atom. The van der Waals surface area contributed by atoms with Crippen molar-refractivity contribution in [3.63, 3.8) is 0 Å². The van der Waals surface area contributed by atoms with Gasteiger partial charge in [0.2, 0.25) is 5.91 Å². The maximum Gasteiger partial charge on any atom is 0.241 e. The minimum atomic E-state index is -0.499. The van der Waals surface area contributed by atoms with Crippen LogP contribution in [0.5, 0.6) is 0 Å². The van der Waals surface area contributed by atoms with E-state index in [9.17, 15) is 4.79 Å². The summed E-state index contributed by atoms with van der Waals surface area (Å²) in [6.07, 6.45) is 4.80. The first-order valence-electron chi connectivity index (χ1n) is 9.92. The first kappa shape index (κ1) is 20.4. The van der Waals surface area contributed by atoms with E-state index in [1.807, 2.05) is 13.8 Å². The average molecular weight is 419 g/mol. The van der Waals surface area contributed by atoms with Crippen LogP contribution in [0.4, 0.5) is 15.8 Å². The van der Waals surface area contributed by atoms with Crippen molar-refractivity contribution in [1.29, 1.82) is 0 Å². The van der Waals surface area contributed by atoms with Gasteiger partial charge in [0.1, 0.15) is 23.3 Å². The SMILES string of the molecule is CCNC(=O)Cn1ncc2nccc(Nc3c(C)c(C)nc(-c4ccccn4)c3F)c21. The van der Waals surface area contributed by atoms with Crippen LogP contribution in [-0.2, 0) is 11.3 Å². The van der Waals surface area contributed by atoms with Crippen molar-refractivity contribution in [3.05, 3.63) is 59.9 Å². The standard InChI is InChI=1S/C22H22FN7O/c1-4-24-18(31)12-30-22-16(8-10-26-17(22)11-27-30)29-20-13(2)14(3)28-21(19(20)23)15-7-5-6-9-25-15/h5-11H,4,12H2,1-3H3,(H,24,31)(H,26,28,29). The smallest absolute Gasteiger partial charge is 0.241 e. The molecule has 0 fully saturated rings. The number of anilines is 2. The second-order valence-corrected chi connectivity index (χ2v) is 7.05. The third-order valence-electron chi connectivity index (χ3n) is 4.99. The number of nitrogens with zero attached hydrogens (tertiary/aromatic N) is 5. The Morgan fingerprint density at radius 3 is 2.74 bits per heavy atom. The number of hydrogen-bond acceptors (Lipinski definition) is 6. The molecule has 31 heavy (non-hydrogen) atoms. The number of aryl methyl sites for hydroxylation is 1. The van der Waals surface area contributed by atoms with Gasteiger partial charge < -0.3 is 10.6 Å². The van der Waals surface area contributed by atoms with Crippen molar-refractivity contribution < 1.29 is 9.18 Å². The summed E-state index contributed by atoms with van der Waals surface area (Å²) in [7, 11) is 0. The van der Waals surface area contributed by atoms with E-state index >= 15 is 4.39 Å². The predicted octanol–water partition coefficient (Wildman–Crippen LogP) is 3.52. The summed E-state index contributed by atoms with van der Waals surface area (Å²) in [6, 6.07) is 7.01. The second kappa shape index (κ2) is 8.47. The van der Waals surface area contributed by atoms with Gasteiger partial charge in [0.25, 0.3) is 0 Å². The van der Waals surface area contributed by atoms with Crippen LogP contribution in [0.3, 0.4) is 0 Å². The summed E-state index contributed by atoms with van der Waals surface area (Å²) in [5.74, 6) is -0.664. The van der Waals surface area contributed by atoms with Gasteiger partial charge >= 0.3 is 0 Å². The molecule has 9 heteroatoms. The number of carbonyl (C=O) groups excluding carboxylic acids is 1. The second-order valence-electron chi connectivity index (χ2n) is 7.05. The number of fused-ring (bicyclic) bond motifs is 1. The molecule has 4 rings (SSSR count). The van der Waals surface area contributed by atoms with Gasteiger partial charge in [0.15, 0.2) is 5.82 Å². The highest BCUT2D eigenvalue weighted by molar-refractivity contribution is 5.91. The first-order chi connectivity index (χ1) is 15.0. The summed E-state index contributed by atoms with van der Waals surface area (Å²) in [6.45, 7) is 6.05. The van der Waals surface area contributed by atoms with E-state index in [4.69, 9.17) is 0 Å². The summed E-state index contributed by atoms with van der Waals surface area (Å²) >= 11 is 0. The van der Waals surface area contributed by atoms with Crippen molar-refractivity contribution in [3.8, 4) is 11.4 Å². The molecule has 0 radical (unpaired) electrons. The lowest BCUT2D eigenvalue weighted by Crippen LogP contribution is -2.27. The summed E-state index contributed by atoms with van der Waals surface area (Å²) in [5.41, 5.74) is 4.09. The zero-order valence-corrected chi connectivity index (χ0v) is 17.5. The Balaban J connectivity index is 1.80. The van der Waals surface area contributed by atoms with Crippen LogP contribution in [0.25, 0.3) is 22.4 Å². The van der Waals surface area contributed by atoms with Gasteiger partial charge in [-0.3, -0.25) is 19.4 Å². The van der Waals surface area contributed by atoms with Gasteiger partial charge in [-0.05, 0) is 44.5 Å². The molecular weight excluding hydrogens is 397 g/mol. The molecule has 0 atom stereocenters. The highest BCUT2D eigenvalue weighted by Crippen LogP contribution is 2.33. The van der Waals surface area contributed by atoms with E-state index in [1.54, 1.807) is 54.5 Å². The number of nitrogens with one attached hydrogen (secondary N) is 2. The van der Waals surface area contributed by atoms with Crippen LogP contribution < -0.4 is 10.6 Å². The van der Waals surface area contributed by atoms with E-state index in [-0.39, 0.29) is 18.1 Å². The number of hydrogen-bond donors (Lipinski definition) is 2. The first-order valence-corrected chi connectivity index (χ1v) is 9.92. The lowest BCUT2D eigenvalue weighted by Gasteiger charge is -2.16. The van der Waals surface area contributed by atoms with E-state index < -0.39 is 5.82 Å². The van der Waals surface area contributed by atoms with Gasteiger partial charge in [-0.25, -0.2) is 9.37 Å². The highest BCUT2D eigenvalue weighted by atomic mass is 19.1. The molecule has 4 aromatic rings. The lowest BCUT2D eigenvalue weighted by molar-refractivity contribution is -0.121. The third kappa shape index (κ3) is 3.94. The largest absolute Gasteiger partial charge is 0.355 e. The lowest BCUT2D eigenvalue weighted by atomic mass is 10.1. The van der Waals surface area contributed by atoms with Gasteiger partial charge in [-0.2, -0.15) is 5.10 Å². The quantitative estimate of drug-likeness (QED) is 0.496. The maximum atomic E-state index is 15.6. The summed E-state index contributed by atoms with van der Waals surface area (Å²) < 4.78 is 17.1. The van der Waals surface area contributed by atoms with E-state index in [0.717, 1.165) is 0 Å². The topological polar surface area (TPSA) is 97.6 Å². The number of rotatable bonds is 6. The Labute approximate surface area is 178 Å². The molecule has 0 aromatic carbocycles. The van der Waals surface area contributed by atoms with Crippen molar-refractivity contribution in [2.75, 3.05) is 11.9 Å². The predicted molar refractivity (Wildman–Crippen MR) is 116 cm³/mol. The minimum Gasteiger partial charge on any atom is -0.355 e. The van der Waals surface area contributed by atoms with Crippen molar-refractivity contribution >= 4 is 28.3 Å². The number of halogens is 1. The fourth-order valence-electron chi connectivity index (χ4n) is 3.35. The molecule has 0 unspecified atom stereocenters. The number of pyridine rings is 3. The molecule has 2 N–H and O–H groups in total. The number of likely N-dealkylation sites (N-methyl/N-ethyl adjacent to an activating group) is 1. The van der Waals surface area contributed by atoms with Crippen LogP contribution in [-0.4, -0.2) is 37.2 Å². The molecule has 0 aliphatic carbocycles. The molecule has 1 amide bonds. The molecule has 0 aliphatic rings. The van der Waals surface area contributed by atoms with E-state index in [2.05, 4.69) is 30.7 Å². The fourth-order valence-corrected chi connectivity index (χ4v) is 3.35. The van der Waals surface area contributed by atoms with Crippen LogP contribution >= 0.6 is 0 Å². The van der Waals surface area contributed by atoms with Gasteiger partial charge in [0, 0.05) is 24.6 Å². The normalized spacial score (nSPS) is 11.0. The average Bonchev–Trinajstić information content (AvgIpc) is 3.18. The zero-order chi connectivity index (χ0) is 22.0. The molecule has 0 saturated heterocycles. The molecule has 0 spiro atoms. The van der Waals surface area contributed by atoms with Gasteiger partial charge in [-0.1, -0.05) is 6.07 Å². The Morgan fingerprint density at radius 2 is 2.00 bits per heavy atom. The van der Waals surface area contributed by atoms with Crippen LogP contribution in [0.2, 0.25) is 0 Å².